The van der Waals surface area contributed by atoms with Gasteiger partial charge < -0.3 is 9.29 Å². The smallest absolute Gasteiger partial charge is 0.395 e. The van der Waals surface area contributed by atoms with Gasteiger partial charge in [-0.25, -0.2) is 0 Å². The normalized spacial score (nSPS) is 11.0. The van der Waals surface area contributed by atoms with E-state index in [9.17, 15) is 13.2 Å². The van der Waals surface area contributed by atoms with Crippen molar-refractivity contribution in [3.05, 3.63) is 0 Å². The topological polar surface area (TPSA) is 80.7 Å². The third-order valence-electron chi connectivity index (χ3n) is 3.05. The van der Waals surface area contributed by atoms with Gasteiger partial charge in [-0.2, -0.15) is 8.42 Å². The molecule has 120 valence electrons. The fourth-order valence-electron chi connectivity index (χ4n) is 1.92. The van der Waals surface area contributed by atoms with Crippen LogP contribution in [0, 0.1) is 0 Å². The summed E-state index contributed by atoms with van der Waals surface area (Å²) in [6.07, 6.45) is 10.3. The van der Waals surface area contributed by atoms with Crippen molar-refractivity contribution in [2.45, 2.75) is 71.1 Å². The van der Waals surface area contributed by atoms with Gasteiger partial charge in [-0.3, -0.25) is 4.79 Å². The van der Waals surface area contributed by atoms with Gasteiger partial charge in [-0.1, -0.05) is 58.3 Å². The van der Waals surface area contributed by atoms with Gasteiger partial charge in [0.25, 0.3) is 0 Å². The largest absolute Gasteiger partial charge is 1.00 e. The van der Waals surface area contributed by atoms with Gasteiger partial charge in [0.2, 0.25) is 0 Å². The van der Waals surface area contributed by atoms with E-state index in [1.54, 1.807) is 0 Å². The molecule has 0 atom stereocenters. The molecule has 1 N–H and O–H groups in total. The number of carbonyl (C=O) groups excluding carboxylic acids is 1. The van der Waals surface area contributed by atoms with Gasteiger partial charge >= 0.3 is 45.6 Å². The second-order valence-corrected chi connectivity index (χ2v) is 6.71. The van der Waals surface area contributed by atoms with Crippen LogP contribution in [0.3, 0.4) is 0 Å². The molecule has 0 heterocycles. The van der Waals surface area contributed by atoms with E-state index in [-0.39, 0.29) is 36.0 Å². The van der Waals surface area contributed by atoms with Crippen LogP contribution in [0.15, 0.2) is 0 Å². The van der Waals surface area contributed by atoms with E-state index >= 15 is 0 Å². The molecular formula is C14H28NaO5S+. The first-order chi connectivity index (χ1) is 9.52. The van der Waals surface area contributed by atoms with E-state index in [1.807, 2.05) is 0 Å². The second kappa shape index (κ2) is 15.3. The monoisotopic (exact) mass is 331 g/mol. The summed E-state index contributed by atoms with van der Waals surface area (Å²) in [5.74, 6) is -1.25. The van der Waals surface area contributed by atoms with Gasteiger partial charge in [0.15, 0.2) is 0 Å². The number of rotatable bonds is 13. The Morgan fingerprint density at radius 3 is 1.90 bits per heavy atom. The molecule has 0 bridgehead atoms. The van der Waals surface area contributed by atoms with Crippen LogP contribution >= 0.6 is 0 Å². The molecular weight excluding hydrogens is 303 g/mol. The Bertz CT molecular complexity index is 343. The number of aliphatic hydroxyl groups excluding tert-OH is 1. The first-order valence-electron chi connectivity index (χ1n) is 7.57. The second-order valence-electron chi connectivity index (χ2n) is 5.02. The first-order valence-corrected chi connectivity index (χ1v) is 9.15. The molecule has 0 fully saturated rings. The van der Waals surface area contributed by atoms with E-state index < -0.39 is 28.4 Å². The van der Waals surface area contributed by atoms with Crippen molar-refractivity contribution in [3.63, 3.8) is 0 Å². The van der Waals surface area contributed by atoms with E-state index in [1.165, 1.54) is 38.5 Å². The average Bonchev–Trinajstić information content (AvgIpc) is 2.36. The van der Waals surface area contributed by atoms with Crippen molar-refractivity contribution in [2.75, 3.05) is 12.4 Å². The number of carbonyl (C=O) groups is 1. The molecule has 0 aromatic rings. The number of aliphatic hydroxyl groups is 1. The van der Waals surface area contributed by atoms with Crippen LogP contribution in [0.1, 0.15) is 71.1 Å². The van der Waals surface area contributed by atoms with E-state index in [0.717, 1.165) is 12.8 Å². The van der Waals surface area contributed by atoms with Crippen molar-refractivity contribution in [2.24, 2.45) is 0 Å². The zero-order chi connectivity index (χ0) is 15.3. The standard InChI is InChI=1S/C14H28O5S.Na/c1-2-3-4-5-6-7-8-9-10-11-14(16)19-20(17,18)13-12-15;/h15H,2-13H2,1H3;/q;+1. The van der Waals surface area contributed by atoms with Crippen LogP contribution in [0.25, 0.3) is 0 Å². The van der Waals surface area contributed by atoms with Gasteiger partial charge in [0.05, 0.1) is 6.61 Å². The molecule has 0 aromatic heterocycles. The zero-order valence-electron chi connectivity index (χ0n) is 13.5. The maximum absolute atomic E-state index is 11.3. The van der Waals surface area contributed by atoms with Crippen LogP contribution in [0.2, 0.25) is 0 Å². The Balaban J connectivity index is 0. The molecule has 0 unspecified atom stereocenters. The van der Waals surface area contributed by atoms with Gasteiger partial charge in [0, 0.05) is 6.42 Å². The van der Waals surface area contributed by atoms with Crippen LogP contribution in [-0.4, -0.2) is 31.9 Å². The van der Waals surface area contributed by atoms with Crippen LogP contribution in [0.5, 0.6) is 0 Å². The summed E-state index contributed by atoms with van der Waals surface area (Å²) >= 11 is 0. The Hall–Kier alpha value is 0.380. The summed E-state index contributed by atoms with van der Waals surface area (Å²) < 4.78 is 26.5. The Kier molecular flexibility index (Phi) is 17.2. The molecule has 0 rings (SSSR count). The van der Waals surface area contributed by atoms with Crippen molar-refractivity contribution in [1.29, 1.82) is 0 Å². The molecule has 0 saturated heterocycles. The SMILES string of the molecule is CCCCCCCCCCCC(=O)OS(=O)(=O)CCO.[Na+]. The van der Waals surface area contributed by atoms with Gasteiger partial charge in [0.1, 0.15) is 5.75 Å². The minimum absolute atomic E-state index is 0. The van der Waals surface area contributed by atoms with Crippen molar-refractivity contribution >= 4 is 16.1 Å². The fourth-order valence-corrected chi connectivity index (χ4v) is 2.59. The quantitative estimate of drug-likeness (QED) is 0.287. The molecule has 7 heteroatoms. The molecule has 0 saturated carbocycles. The molecule has 0 spiro atoms. The summed E-state index contributed by atoms with van der Waals surface area (Å²) in [5, 5.41) is 8.49. The molecule has 5 nitrogen and oxygen atoms in total. The van der Waals surface area contributed by atoms with Crippen LogP contribution < -0.4 is 29.6 Å². The first kappa shape index (κ1) is 23.6. The summed E-state index contributed by atoms with van der Waals surface area (Å²) in [6, 6.07) is 0. The molecule has 21 heavy (non-hydrogen) atoms. The van der Waals surface area contributed by atoms with E-state index in [0.29, 0.717) is 6.42 Å². The maximum atomic E-state index is 11.3. The van der Waals surface area contributed by atoms with Gasteiger partial charge in [-0.05, 0) is 6.42 Å². The zero-order valence-corrected chi connectivity index (χ0v) is 16.3. The minimum atomic E-state index is -3.89. The predicted molar refractivity (Wildman–Crippen MR) is 78.8 cm³/mol. The van der Waals surface area contributed by atoms with Crippen LogP contribution in [0.4, 0.5) is 0 Å². The van der Waals surface area contributed by atoms with Gasteiger partial charge in [-0.15, -0.1) is 0 Å². The summed E-state index contributed by atoms with van der Waals surface area (Å²) in [6.45, 7) is 1.66. The number of unbranched alkanes of at least 4 members (excludes halogenated alkanes) is 8. The molecule has 0 aromatic carbocycles. The average molecular weight is 331 g/mol. The number of hydrogen-bond acceptors (Lipinski definition) is 5. The van der Waals surface area contributed by atoms with Crippen molar-refractivity contribution in [3.8, 4) is 0 Å². The van der Waals surface area contributed by atoms with E-state index in [4.69, 9.17) is 5.11 Å². The third kappa shape index (κ3) is 16.6. The summed E-state index contributed by atoms with van der Waals surface area (Å²) in [5.41, 5.74) is 0. The minimum Gasteiger partial charge on any atom is -0.395 e. The summed E-state index contributed by atoms with van der Waals surface area (Å²) in [7, 11) is -3.89. The van der Waals surface area contributed by atoms with Crippen molar-refractivity contribution in [1.82, 2.24) is 0 Å². The summed E-state index contributed by atoms with van der Waals surface area (Å²) in [4.78, 5) is 11.3. The van der Waals surface area contributed by atoms with Crippen LogP contribution in [-0.2, 0) is 19.1 Å². The Morgan fingerprint density at radius 1 is 0.952 bits per heavy atom. The number of hydrogen-bond donors (Lipinski definition) is 1. The molecule has 0 aliphatic heterocycles. The van der Waals surface area contributed by atoms with E-state index in [2.05, 4.69) is 11.1 Å². The molecule has 0 aliphatic rings. The molecule has 0 amide bonds. The fraction of sp³-hybridized carbons (Fsp3) is 0.929. The maximum Gasteiger partial charge on any atom is 1.00 e. The van der Waals surface area contributed by atoms with Crippen molar-refractivity contribution < 1.29 is 52.1 Å². The third-order valence-corrected chi connectivity index (χ3v) is 4.17. The Morgan fingerprint density at radius 2 is 1.43 bits per heavy atom. The molecule has 0 aliphatic carbocycles. The Labute approximate surface area is 151 Å². The predicted octanol–water partition coefficient (Wildman–Crippen LogP) is -0.223. The molecule has 0 radical (unpaired) electrons.